The lowest BCUT2D eigenvalue weighted by Gasteiger charge is -2.11. The van der Waals surface area contributed by atoms with Gasteiger partial charge in [-0.1, -0.05) is 19.1 Å². The molecule has 7 heteroatoms. The van der Waals surface area contributed by atoms with E-state index in [4.69, 9.17) is 4.74 Å². The van der Waals surface area contributed by atoms with Crippen molar-refractivity contribution in [1.82, 2.24) is 9.97 Å². The number of hydrogen-bond donors (Lipinski definition) is 1. The highest BCUT2D eigenvalue weighted by Gasteiger charge is 2.17. The fourth-order valence-corrected chi connectivity index (χ4v) is 1.76. The van der Waals surface area contributed by atoms with Gasteiger partial charge < -0.3 is 10.1 Å². The monoisotopic (exact) mass is 288 g/mol. The Bertz CT molecular complexity index is 646. The van der Waals surface area contributed by atoms with Crippen molar-refractivity contribution in [2.75, 3.05) is 11.9 Å². The van der Waals surface area contributed by atoms with Crippen molar-refractivity contribution in [3.8, 4) is 11.6 Å². The topological polar surface area (TPSA) is 90.2 Å². The van der Waals surface area contributed by atoms with E-state index in [1.165, 1.54) is 12.4 Å². The van der Waals surface area contributed by atoms with Gasteiger partial charge in [0.25, 0.3) is 0 Å². The Morgan fingerprint density at radius 1 is 1.33 bits per heavy atom. The van der Waals surface area contributed by atoms with E-state index >= 15 is 0 Å². The average molecular weight is 288 g/mol. The lowest BCUT2D eigenvalue weighted by atomic mass is 10.3. The Hall–Kier alpha value is -2.70. The van der Waals surface area contributed by atoms with Crippen molar-refractivity contribution in [2.24, 2.45) is 0 Å². The minimum Gasteiger partial charge on any atom is -0.431 e. The summed E-state index contributed by atoms with van der Waals surface area (Å²) in [5.74, 6) is 1.13. The number of aromatic nitrogens is 2. The minimum atomic E-state index is -0.484. The van der Waals surface area contributed by atoms with Crippen molar-refractivity contribution in [1.29, 1.82) is 0 Å². The fraction of sp³-hybridized carbons (Fsp3) is 0.286. The smallest absolute Gasteiger partial charge is 0.311 e. The lowest BCUT2D eigenvalue weighted by Crippen LogP contribution is -2.05. The van der Waals surface area contributed by atoms with Crippen molar-refractivity contribution in [2.45, 2.75) is 20.3 Å². The van der Waals surface area contributed by atoms with Crippen LogP contribution in [0.3, 0.4) is 0 Å². The molecule has 0 saturated heterocycles. The van der Waals surface area contributed by atoms with Crippen LogP contribution in [-0.2, 0) is 0 Å². The normalized spacial score (nSPS) is 10.2. The standard InChI is InChI=1S/C14H16N4O3/c1-3-8-15-13-10(2)14(17-9-16-13)21-12-7-5-4-6-11(12)18(19)20/h4-7,9H,3,8H2,1-2H3,(H,15,16,17). The van der Waals surface area contributed by atoms with Crippen LogP contribution in [0.2, 0.25) is 0 Å². The molecule has 0 spiro atoms. The number of nitrogens with zero attached hydrogens (tertiary/aromatic N) is 3. The number of hydrogen-bond acceptors (Lipinski definition) is 6. The highest BCUT2D eigenvalue weighted by atomic mass is 16.6. The van der Waals surface area contributed by atoms with Crippen LogP contribution in [-0.4, -0.2) is 21.4 Å². The molecule has 1 heterocycles. The Morgan fingerprint density at radius 2 is 2.10 bits per heavy atom. The highest BCUT2D eigenvalue weighted by Crippen LogP contribution is 2.32. The molecule has 2 rings (SSSR count). The number of nitrogens with one attached hydrogen (secondary N) is 1. The zero-order valence-electron chi connectivity index (χ0n) is 11.9. The SMILES string of the molecule is CCCNc1ncnc(Oc2ccccc2[N+](=O)[O-])c1C. The van der Waals surface area contributed by atoms with Gasteiger partial charge in [0.2, 0.25) is 11.6 Å². The van der Waals surface area contributed by atoms with E-state index in [-0.39, 0.29) is 11.4 Å². The van der Waals surface area contributed by atoms with Gasteiger partial charge in [-0.15, -0.1) is 0 Å². The Balaban J connectivity index is 2.30. The van der Waals surface area contributed by atoms with Gasteiger partial charge in [0.15, 0.2) is 0 Å². The van der Waals surface area contributed by atoms with Crippen molar-refractivity contribution >= 4 is 11.5 Å². The van der Waals surface area contributed by atoms with E-state index in [2.05, 4.69) is 15.3 Å². The molecule has 1 N–H and O–H groups in total. The van der Waals surface area contributed by atoms with Crippen LogP contribution < -0.4 is 10.1 Å². The summed E-state index contributed by atoms with van der Waals surface area (Å²) < 4.78 is 5.59. The summed E-state index contributed by atoms with van der Waals surface area (Å²) >= 11 is 0. The van der Waals surface area contributed by atoms with Crippen molar-refractivity contribution in [3.63, 3.8) is 0 Å². The molecule has 0 fully saturated rings. The van der Waals surface area contributed by atoms with E-state index in [0.717, 1.165) is 13.0 Å². The maximum Gasteiger partial charge on any atom is 0.311 e. The van der Waals surface area contributed by atoms with Crippen LogP contribution >= 0.6 is 0 Å². The number of benzene rings is 1. The van der Waals surface area contributed by atoms with Gasteiger partial charge in [-0.3, -0.25) is 10.1 Å². The third kappa shape index (κ3) is 3.44. The van der Waals surface area contributed by atoms with E-state index < -0.39 is 4.92 Å². The number of nitro benzene ring substituents is 1. The second-order valence-electron chi connectivity index (χ2n) is 4.41. The fourth-order valence-electron chi connectivity index (χ4n) is 1.76. The van der Waals surface area contributed by atoms with Gasteiger partial charge in [-0.25, -0.2) is 9.97 Å². The van der Waals surface area contributed by atoms with E-state index in [9.17, 15) is 10.1 Å². The third-order valence-electron chi connectivity index (χ3n) is 2.85. The van der Waals surface area contributed by atoms with Gasteiger partial charge in [0.05, 0.1) is 10.5 Å². The molecule has 0 bridgehead atoms. The minimum absolute atomic E-state index is 0.0985. The highest BCUT2D eigenvalue weighted by molar-refractivity contribution is 5.52. The van der Waals surface area contributed by atoms with Crippen molar-refractivity contribution < 1.29 is 9.66 Å². The molecular weight excluding hydrogens is 272 g/mol. The van der Waals surface area contributed by atoms with Crippen LogP contribution in [0.1, 0.15) is 18.9 Å². The summed E-state index contributed by atoms with van der Waals surface area (Å²) in [6.45, 7) is 4.64. The molecule has 0 aliphatic heterocycles. The third-order valence-corrected chi connectivity index (χ3v) is 2.85. The van der Waals surface area contributed by atoms with Gasteiger partial charge in [0, 0.05) is 12.6 Å². The van der Waals surface area contributed by atoms with Crippen LogP contribution in [0, 0.1) is 17.0 Å². The van der Waals surface area contributed by atoms with Crippen LogP contribution in [0.5, 0.6) is 11.6 Å². The summed E-state index contributed by atoms with van der Waals surface area (Å²) in [6.07, 6.45) is 2.33. The molecule has 7 nitrogen and oxygen atoms in total. The summed E-state index contributed by atoms with van der Waals surface area (Å²) in [5.41, 5.74) is 0.614. The number of rotatable bonds is 6. The zero-order valence-corrected chi connectivity index (χ0v) is 11.9. The molecule has 0 atom stereocenters. The summed E-state index contributed by atoms with van der Waals surface area (Å²) in [4.78, 5) is 18.7. The van der Waals surface area contributed by atoms with Gasteiger partial charge in [0.1, 0.15) is 12.1 Å². The quantitative estimate of drug-likeness (QED) is 0.647. The van der Waals surface area contributed by atoms with Gasteiger partial charge in [-0.05, 0) is 19.4 Å². The van der Waals surface area contributed by atoms with Crippen LogP contribution in [0.25, 0.3) is 0 Å². The van der Waals surface area contributed by atoms with Crippen LogP contribution in [0.15, 0.2) is 30.6 Å². The second-order valence-corrected chi connectivity index (χ2v) is 4.41. The maximum absolute atomic E-state index is 11.0. The largest absolute Gasteiger partial charge is 0.431 e. The van der Waals surface area contributed by atoms with Gasteiger partial charge >= 0.3 is 5.69 Å². The Labute approximate surface area is 122 Å². The first-order valence-corrected chi connectivity index (χ1v) is 6.60. The molecule has 21 heavy (non-hydrogen) atoms. The van der Waals surface area contributed by atoms with Crippen LogP contribution in [0.4, 0.5) is 11.5 Å². The van der Waals surface area contributed by atoms with Gasteiger partial charge in [-0.2, -0.15) is 0 Å². The molecule has 0 aliphatic rings. The molecular formula is C14H16N4O3. The Morgan fingerprint density at radius 3 is 2.81 bits per heavy atom. The maximum atomic E-state index is 11.0. The lowest BCUT2D eigenvalue weighted by molar-refractivity contribution is -0.385. The number of para-hydroxylation sites is 2. The summed E-state index contributed by atoms with van der Waals surface area (Å²) in [5, 5.41) is 14.1. The van der Waals surface area contributed by atoms with E-state index in [1.54, 1.807) is 18.2 Å². The molecule has 0 aliphatic carbocycles. The average Bonchev–Trinajstić information content (AvgIpc) is 2.48. The van der Waals surface area contributed by atoms with E-state index in [1.807, 2.05) is 13.8 Å². The molecule has 0 amide bonds. The van der Waals surface area contributed by atoms with Crippen molar-refractivity contribution in [3.05, 3.63) is 46.3 Å². The summed E-state index contributed by atoms with van der Waals surface area (Å²) in [7, 11) is 0. The first-order valence-electron chi connectivity index (χ1n) is 6.60. The molecule has 2 aromatic rings. The number of anilines is 1. The Kier molecular flexibility index (Phi) is 4.65. The predicted molar refractivity (Wildman–Crippen MR) is 78.7 cm³/mol. The van der Waals surface area contributed by atoms with E-state index in [0.29, 0.717) is 17.3 Å². The molecule has 0 unspecified atom stereocenters. The summed E-state index contributed by atoms with van der Waals surface area (Å²) in [6, 6.07) is 6.20. The molecule has 0 radical (unpaired) electrons. The zero-order chi connectivity index (χ0) is 15.2. The number of ether oxygens (including phenoxy) is 1. The number of nitro groups is 1. The molecule has 110 valence electrons. The first kappa shape index (κ1) is 14.7. The predicted octanol–water partition coefficient (Wildman–Crippen LogP) is 3.31. The molecule has 1 aromatic heterocycles. The second kappa shape index (κ2) is 6.65. The first-order chi connectivity index (χ1) is 10.1. The molecule has 0 saturated carbocycles. The molecule has 1 aromatic carbocycles.